The van der Waals surface area contributed by atoms with E-state index < -0.39 is 229 Å². The molecule has 8 aromatic carbocycles. The van der Waals surface area contributed by atoms with Crippen molar-refractivity contribution < 1.29 is 40.1 Å². The van der Waals surface area contributed by atoms with Crippen LogP contribution in [0.3, 0.4) is 0 Å². The maximum atomic E-state index is 9.91. The van der Waals surface area contributed by atoms with Gasteiger partial charge in [-0.1, -0.05) is 163 Å². The van der Waals surface area contributed by atoms with Crippen molar-refractivity contribution in [1.82, 2.24) is 0 Å². The van der Waals surface area contributed by atoms with Crippen LogP contribution in [0, 0.1) is 0 Å². The van der Waals surface area contributed by atoms with Gasteiger partial charge in [-0.05, 0) is 73.1 Å². The van der Waals surface area contributed by atoms with Crippen molar-refractivity contribution >= 4 is 32.5 Å². The molecule has 0 unspecified atom stereocenters. The Balaban J connectivity index is 1.64. The average Bonchev–Trinajstić information content (AvgIpc) is 3.78. The van der Waals surface area contributed by atoms with E-state index in [9.17, 15) is 9.60 Å². The second-order valence-corrected chi connectivity index (χ2v) is 10.1. The fourth-order valence-electron chi connectivity index (χ4n) is 5.57. The smallest absolute Gasteiger partial charge is 0.143 e. The number of rotatable bonds is 5. The van der Waals surface area contributed by atoms with Gasteiger partial charge in [-0.15, -0.1) is 0 Å². The Morgan fingerprint density at radius 2 is 0.851 bits per heavy atom. The van der Waals surface area contributed by atoms with E-state index in [2.05, 4.69) is 0 Å². The zero-order valence-electron chi connectivity index (χ0n) is 49.7. The van der Waals surface area contributed by atoms with Gasteiger partial charge < -0.3 is 4.42 Å². The second-order valence-electron chi connectivity index (χ2n) is 10.1. The van der Waals surface area contributed by atoms with E-state index in [0.29, 0.717) is 0 Å². The number of furan rings is 1. The van der Waals surface area contributed by atoms with Crippen LogP contribution in [-0.4, -0.2) is 0 Å². The molecule has 0 amide bonds. The van der Waals surface area contributed by atoms with E-state index in [1.807, 2.05) is 0 Å². The number of fused-ring (bicyclic) bond motifs is 3. The summed E-state index contributed by atoms with van der Waals surface area (Å²) in [4.78, 5) is 0. The highest BCUT2D eigenvalue weighted by molar-refractivity contribution is 6.25. The monoisotopic (exact) mass is 624 g/mol. The van der Waals surface area contributed by atoms with Crippen LogP contribution in [-0.2, 0) is 0 Å². The quantitative estimate of drug-likeness (QED) is 0.174. The molecule has 0 fully saturated rings. The van der Waals surface area contributed by atoms with Gasteiger partial charge in [0.25, 0.3) is 0 Å². The maximum absolute atomic E-state index is 9.91. The van der Waals surface area contributed by atoms with E-state index in [-0.39, 0.29) is 16.7 Å². The minimum Gasteiger partial charge on any atom is -0.455 e. The van der Waals surface area contributed by atoms with Crippen molar-refractivity contribution in [3.8, 4) is 55.8 Å². The standard InChI is InChI=1S/C46H30O/c1-4-15-31(16-5-1)34-21-14-22-36(29-34)46-45(41-30-35(27-28-42(41)47-46)32-17-6-2-7-18-32)44-39-25-12-10-23-37(39)43(33-19-8-3-9-20-33)38-24-11-13-26-40(38)44/h1-30H/i1D,2D,3D,4D,5D,6D,7D,8D,9D,10D,11D,12D,13D,15D,16D,17D,18D,19D,20D,23D,24D,25D,26D,27D,28D,30D. The number of benzene rings is 8. The molecule has 0 aliphatic carbocycles. The summed E-state index contributed by atoms with van der Waals surface area (Å²) >= 11 is 0. The van der Waals surface area contributed by atoms with E-state index in [1.165, 1.54) is 24.3 Å². The molecule has 0 saturated heterocycles. The molecule has 0 atom stereocenters. The molecule has 0 saturated carbocycles. The summed E-state index contributed by atoms with van der Waals surface area (Å²) in [6.45, 7) is 0. The predicted octanol–water partition coefficient (Wildman–Crippen LogP) is 13.1. The Bertz CT molecular complexity index is 3880. The second kappa shape index (κ2) is 11.3. The van der Waals surface area contributed by atoms with Gasteiger partial charge in [-0.3, -0.25) is 0 Å². The van der Waals surface area contributed by atoms with Crippen LogP contribution >= 0.6 is 0 Å². The third kappa shape index (κ3) is 4.64. The molecule has 220 valence electrons. The normalized spacial score (nSPS) is 19.1. The molecule has 9 aromatic rings. The highest BCUT2D eigenvalue weighted by Gasteiger charge is 2.24. The van der Waals surface area contributed by atoms with E-state index in [1.54, 1.807) is 0 Å². The van der Waals surface area contributed by atoms with Gasteiger partial charge in [0.05, 0.1) is 35.6 Å². The Kier molecular flexibility index (Phi) is 2.78. The van der Waals surface area contributed by atoms with Gasteiger partial charge in [0.15, 0.2) is 0 Å². The molecule has 0 radical (unpaired) electrons. The third-order valence-corrected chi connectivity index (χ3v) is 7.50. The Hall–Kier alpha value is -6.18. The molecule has 0 N–H and O–H groups in total. The molecule has 1 aromatic heterocycles. The molecule has 1 heterocycles. The summed E-state index contributed by atoms with van der Waals surface area (Å²) < 4.78 is 238. The molecule has 0 aliphatic rings. The van der Waals surface area contributed by atoms with Crippen molar-refractivity contribution in [2.24, 2.45) is 0 Å². The SMILES string of the molecule is [2H]c1c([2H])c([2H])c(-c2cccc(-c3oc4c([2H])c([2H])c(-c5c([2H])c([2H])c([2H])c([2H])c5[2H])c([2H])c4c3-c3c4c([2H])c([2H])c([2H])c([2H])c4c(-c4c([2H])c([2H])c([2H])c([2H])c4[2H])c4c([2H])c([2H])c([2H])c([2H])c34)c2)c([2H])c1[2H]. The molecule has 1 nitrogen and oxygen atoms in total. The molecule has 1 heteroatoms. The average molecular weight is 625 g/mol. The minimum absolute atomic E-state index is 0.0471. The lowest BCUT2D eigenvalue weighted by molar-refractivity contribution is 0.632. The van der Waals surface area contributed by atoms with Crippen molar-refractivity contribution in [2.75, 3.05) is 0 Å². The Morgan fingerprint density at radius 1 is 0.362 bits per heavy atom. The molecular weight excluding hydrogens is 569 g/mol. The van der Waals surface area contributed by atoms with Crippen LogP contribution in [0.5, 0.6) is 0 Å². The van der Waals surface area contributed by atoms with Gasteiger partial charge in [-0.2, -0.15) is 0 Å². The van der Waals surface area contributed by atoms with Gasteiger partial charge in [0, 0.05) is 22.1 Å². The van der Waals surface area contributed by atoms with Crippen molar-refractivity contribution in [2.45, 2.75) is 0 Å². The van der Waals surface area contributed by atoms with Crippen LogP contribution in [0.15, 0.2) is 186 Å². The lowest BCUT2D eigenvalue weighted by Crippen LogP contribution is -1.91. The molecule has 0 aliphatic heterocycles. The van der Waals surface area contributed by atoms with Gasteiger partial charge in [0.1, 0.15) is 11.3 Å². The third-order valence-electron chi connectivity index (χ3n) is 7.50. The molecular formula is C46H30O. The van der Waals surface area contributed by atoms with E-state index >= 15 is 0 Å². The molecule has 9 rings (SSSR count). The van der Waals surface area contributed by atoms with Crippen molar-refractivity contribution in [3.63, 3.8) is 0 Å². The lowest BCUT2D eigenvalue weighted by Gasteiger charge is -2.18. The summed E-state index contributed by atoms with van der Waals surface area (Å²) in [7, 11) is 0. The predicted molar refractivity (Wildman–Crippen MR) is 198 cm³/mol. The summed E-state index contributed by atoms with van der Waals surface area (Å²) in [6, 6.07) is -17.2. The first-order chi connectivity index (χ1) is 34.1. The summed E-state index contributed by atoms with van der Waals surface area (Å²) in [6.07, 6.45) is 0. The fourth-order valence-corrected chi connectivity index (χ4v) is 5.57. The van der Waals surface area contributed by atoms with Gasteiger partial charge in [-0.25, -0.2) is 0 Å². The number of hydrogen-bond acceptors (Lipinski definition) is 1. The zero-order chi connectivity index (χ0) is 53.8. The Labute approximate surface area is 310 Å². The van der Waals surface area contributed by atoms with Crippen LogP contribution in [0.4, 0.5) is 0 Å². The maximum Gasteiger partial charge on any atom is 0.143 e. The topological polar surface area (TPSA) is 13.1 Å². The highest BCUT2D eigenvalue weighted by Crippen LogP contribution is 2.50. The molecule has 0 bridgehead atoms. The van der Waals surface area contributed by atoms with Gasteiger partial charge in [0.2, 0.25) is 0 Å². The highest BCUT2D eigenvalue weighted by atomic mass is 16.3. The van der Waals surface area contributed by atoms with E-state index in [0.717, 1.165) is 0 Å². The number of hydrogen-bond donors (Lipinski definition) is 0. The zero-order valence-corrected chi connectivity index (χ0v) is 23.7. The molecule has 47 heavy (non-hydrogen) atoms. The first-order valence-electron chi connectivity index (χ1n) is 27.0. The van der Waals surface area contributed by atoms with Crippen LogP contribution in [0.25, 0.3) is 88.3 Å². The van der Waals surface area contributed by atoms with Crippen molar-refractivity contribution in [3.05, 3.63) is 181 Å². The lowest BCUT2D eigenvalue weighted by atomic mass is 9.84. The van der Waals surface area contributed by atoms with Crippen LogP contribution in [0.2, 0.25) is 0 Å². The van der Waals surface area contributed by atoms with Crippen molar-refractivity contribution in [1.29, 1.82) is 0 Å². The largest absolute Gasteiger partial charge is 0.455 e. The first-order valence-corrected chi connectivity index (χ1v) is 14.0. The summed E-state index contributed by atoms with van der Waals surface area (Å²) in [5, 5.41) is -3.21. The first kappa shape index (κ1) is 11.6. The summed E-state index contributed by atoms with van der Waals surface area (Å²) in [5.74, 6) is -0.498. The summed E-state index contributed by atoms with van der Waals surface area (Å²) in [5.41, 5.74) is -5.11. The Morgan fingerprint density at radius 3 is 1.45 bits per heavy atom. The van der Waals surface area contributed by atoms with Crippen LogP contribution in [0.1, 0.15) is 35.6 Å². The van der Waals surface area contributed by atoms with E-state index in [4.69, 9.17) is 30.5 Å². The molecule has 0 spiro atoms. The minimum atomic E-state index is -0.955. The fraction of sp³-hybridized carbons (Fsp3) is 0. The van der Waals surface area contributed by atoms with Gasteiger partial charge >= 0.3 is 0 Å². The van der Waals surface area contributed by atoms with Crippen LogP contribution < -0.4 is 0 Å².